The van der Waals surface area contributed by atoms with Crippen molar-refractivity contribution in [2.75, 3.05) is 5.75 Å². The summed E-state index contributed by atoms with van der Waals surface area (Å²) in [6, 6.07) is 5.75. The van der Waals surface area contributed by atoms with Crippen molar-refractivity contribution in [1.29, 1.82) is 0 Å². The Morgan fingerprint density at radius 3 is 2.75 bits per heavy atom. The zero-order chi connectivity index (χ0) is 11.6. The van der Waals surface area contributed by atoms with Gasteiger partial charge in [-0.3, -0.25) is 0 Å². The molecular weight excluding hydrogens is 222 g/mol. The second-order valence-corrected chi connectivity index (χ2v) is 7.11. The van der Waals surface area contributed by atoms with Crippen LogP contribution in [0, 0.1) is 6.92 Å². The second-order valence-electron chi connectivity index (χ2n) is 5.04. The summed E-state index contributed by atoms with van der Waals surface area (Å²) in [5, 5.41) is 0. The Hall–Kier alpha value is -0.870. The summed E-state index contributed by atoms with van der Waals surface area (Å²) in [5.74, 6) is 0.247. The lowest BCUT2D eigenvalue weighted by Crippen LogP contribution is -2.29. The second kappa shape index (κ2) is 2.87. The summed E-state index contributed by atoms with van der Waals surface area (Å²) in [6.45, 7) is 1.99. The fraction of sp³-hybridized carbons (Fsp3) is 0.500. The standard InChI is InChI=1S/C12H15NO2S/c1-8-2-3-10-9(6-8)12(7-11(12)13)4-5-16(10,14)15/h2-3,6,11H,4-5,7,13H2,1H3. The minimum Gasteiger partial charge on any atom is -0.327 e. The van der Waals surface area contributed by atoms with Crippen molar-refractivity contribution in [3.63, 3.8) is 0 Å². The Balaban J connectivity index is 2.28. The highest BCUT2D eigenvalue weighted by Gasteiger charge is 2.57. The van der Waals surface area contributed by atoms with Crippen LogP contribution in [0.4, 0.5) is 0 Å². The number of sulfone groups is 1. The Bertz CT molecular complexity index is 564. The maximum absolute atomic E-state index is 12.0. The molecule has 3 rings (SSSR count). The lowest BCUT2D eigenvalue weighted by Gasteiger charge is -2.26. The Kier molecular flexibility index (Phi) is 1.85. The van der Waals surface area contributed by atoms with Gasteiger partial charge in [-0.05, 0) is 31.4 Å². The van der Waals surface area contributed by atoms with Gasteiger partial charge in [-0.2, -0.15) is 0 Å². The number of benzene rings is 1. The molecule has 1 aliphatic carbocycles. The van der Waals surface area contributed by atoms with E-state index in [1.165, 1.54) is 0 Å². The summed E-state index contributed by atoms with van der Waals surface area (Å²) in [6.07, 6.45) is 1.62. The molecule has 1 fully saturated rings. The molecule has 0 amide bonds. The molecule has 1 spiro atoms. The van der Waals surface area contributed by atoms with Crippen molar-refractivity contribution in [3.05, 3.63) is 29.3 Å². The van der Waals surface area contributed by atoms with Gasteiger partial charge in [-0.25, -0.2) is 8.42 Å². The molecule has 0 bridgehead atoms. The number of hydrogen-bond acceptors (Lipinski definition) is 3. The smallest absolute Gasteiger partial charge is 0.178 e. The van der Waals surface area contributed by atoms with Gasteiger partial charge in [0, 0.05) is 11.5 Å². The predicted octanol–water partition coefficient (Wildman–Crippen LogP) is 1.14. The monoisotopic (exact) mass is 237 g/mol. The predicted molar refractivity (Wildman–Crippen MR) is 62.1 cm³/mol. The molecule has 1 saturated carbocycles. The first-order chi connectivity index (χ1) is 7.46. The first-order valence-electron chi connectivity index (χ1n) is 5.55. The van der Waals surface area contributed by atoms with Gasteiger partial charge in [-0.15, -0.1) is 0 Å². The van der Waals surface area contributed by atoms with Gasteiger partial charge >= 0.3 is 0 Å². The molecule has 1 heterocycles. The molecule has 0 saturated heterocycles. The van der Waals surface area contributed by atoms with Crippen LogP contribution in [0.5, 0.6) is 0 Å². The van der Waals surface area contributed by atoms with Crippen LogP contribution in [-0.2, 0) is 15.3 Å². The van der Waals surface area contributed by atoms with Crippen LogP contribution < -0.4 is 5.73 Å². The van der Waals surface area contributed by atoms with Crippen molar-refractivity contribution in [2.24, 2.45) is 5.73 Å². The van der Waals surface area contributed by atoms with E-state index in [4.69, 9.17) is 5.73 Å². The Morgan fingerprint density at radius 2 is 2.12 bits per heavy atom. The van der Waals surface area contributed by atoms with E-state index in [1.807, 2.05) is 19.1 Å². The summed E-state index contributed by atoms with van der Waals surface area (Å²) in [4.78, 5) is 0.511. The van der Waals surface area contributed by atoms with Crippen molar-refractivity contribution in [1.82, 2.24) is 0 Å². The van der Waals surface area contributed by atoms with Crippen molar-refractivity contribution >= 4 is 9.84 Å². The molecule has 3 nitrogen and oxygen atoms in total. The molecule has 86 valence electrons. The summed E-state index contributed by atoms with van der Waals surface area (Å²) in [7, 11) is -3.07. The maximum atomic E-state index is 12.0. The van der Waals surface area contributed by atoms with Crippen LogP contribution in [0.3, 0.4) is 0 Å². The van der Waals surface area contributed by atoms with E-state index < -0.39 is 9.84 Å². The summed E-state index contributed by atoms with van der Waals surface area (Å²) < 4.78 is 23.9. The molecule has 2 unspecified atom stereocenters. The van der Waals surface area contributed by atoms with E-state index >= 15 is 0 Å². The minimum absolute atomic E-state index is 0.0350. The quantitative estimate of drug-likeness (QED) is 0.736. The lowest BCUT2D eigenvalue weighted by atomic mass is 9.90. The van der Waals surface area contributed by atoms with Gasteiger partial charge in [0.15, 0.2) is 9.84 Å². The molecule has 2 aliphatic rings. The van der Waals surface area contributed by atoms with E-state index in [2.05, 4.69) is 0 Å². The Labute approximate surface area is 95.6 Å². The third kappa shape index (κ3) is 1.20. The zero-order valence-corrected chi connectivity index (χ0v) is 10.0. The molecule has 1 aromatic rings. The average Bonchev–Trinajstić information content (AvgIpc) is 2.86. The molecule has 1 aromatic carbocycles. The van der Waals surface area contributed by atoms with Crippen LogP contribution >= 0.6 is 0 Å². The third-order valence-electron chi connectivity index (χ3n) is 3.96. The van der Waals surface area contributed by atoms with Crippen LogP contribution in [0.1, 0.15) is 24.0 Å². The SMILES string of the molecule is Cc1ccc2c(c1)C1(CCS2(=O)=O)CC1N. The highest BCUT2D eigenvalue weighted by atomic mass is 32.2. The first kappa shape index (κ1) is 10.3. The molecule has 4 heteroatoms. The van der Waals surface area contributed by atoms with E-state index in [0.29, 0.717) is 11.3 Å². The normalized spacial score (nSPS) is 34.8. The van der Waals surface area contributed by atoms with Gasteiger partial charge < -0.3 is 5.73 Å². The molecule has 2 atom stereocenters. The fourth-order valence-corrected chi connectivity index (χ4v) is 4.52. The fourth-order valence-electron chi connectivity index (χ4n) is 2.80. The van der Waals surface area contributed by atoms with E-state index in [0.717, 1.165) is 17.5 Å². The topological polar surface area (TPSA) is 60.2 Å². The minimum atomic E-state index is -3.07. The van der Waals surface area contributed by atoms with E-state index in [1.54, 1.807) is 6.07 Å². The van der Waals surface area contributed by atoms with Gasteiger partial charge in [0.2, 0.25) is 0 Å². The van der Waals surface area contributed by atoms with Crippen molar-refractivity contribution in [2.45, 2.75) is 36.1 Å². The largest absolute Gasteiger partial charge is 0.327 e. The van der Waals surface area contributed by atoms with Crippen molar-refractivity contribution < 1.29 is 8.42 Å². The Morgan fingerprint density at radius 1 is 1.44 bits per heavy atom. The van der Waals surface area contributed by atoms with Crippen LogP contribution in [0.15, 0.2) is 23.1 Å². The number of hydrogen-bond donors (Lipinski definition) is 1. The molecular formula is C12H15NO2S. The van der Waals surface area contributed by atoms with Gasteiger partial charge in [0.05, 0.1) is 10.6 Å². The number of fused-ring (bicyclic) bond motifs is 2. The first-order valence-corrected chi connectivity index (χ1v) is 7.20. The zero-order valence-electron chi connectivity index (χ0n) is 9.23. The van der Waals surface area contributed by atoms with Crippen LogP contribution in [-0.4, -0.2) is 20.2 Å². The van der Waals surface area contributed by atoms with E-state index in [9.17, 15) is 8.42 Å². The number of aryl methyl sites for hydroxylation is 1. The average molecular weight is 237 g/mol. The number of rotatable bonds is 0. The molecule has 16 heavy (non-hydrogen) atoms. The molecule has 0 aromatic heterocycles. The van der Waals surface area contributed by atoms with Crippen molar-refractivity contribution in [3.8, 4) is 0 Å². The van der Waals surface area contributed by atoms with Crippen LogP contribution in [0.2, 0.25) is 0 Å². The highest BCUT2D eigenvalue weighted by molar-refractivity contribution is 7.91. The van der Waals surface area contributed by atoms with Crippen LogP contribution in [0.25, 0.3) is 0 Å². The van der Waals surface area contributed by atoms with E-state index in [-0.39, 0.29) is 17.2 Å². The lowest BCUT2D eigenvalue weighted by molar-refractivity contribution is 0.550. The molecule has 0 radical (unpaired) electrons. The maximum Gasteiger partial charge on any atom is 0.178 e. The highest BCUT2D eigenvalue weighted by Crippen LogP contribution is 2.54. The summed E-state index contributed by atoms with van der Waals surface area (Å²) in [5.41, 5.74) is 8.03. The van der Waals surface area contributed by atoms with Gasteiger partial charge in [0.1, 0.15) is 0 Å². The molecule has 1 aliphatic heterocycles. The number of nitrogens with two attached hydrogens (primary N) is 1. The molecule has 2 N–H and O–H groups in total. The third-order valence-corrected chi connectivity index (χ3v) is 5.72. The summed E-state index contributed by atoms with van der Waals surface area (Å²) >= 11 is 0. The van der Waals surface area contributed by atoms with Gasteiger partial charge in [0.25, 0.3) is 0 Å². The van der Waals surface area contributed by atoms with Gasteiger partial charge in [-0.1, -0.05) is 17.7 Å².